The third-order valence-corrected chi connectivity index (χ3v) is 3.93. The molecule has 1 aromatic rings. The van der Waals surface area contributed by atoms with Crippen LogP contribution in [0.2, 0.25) is 0 Å². The number of sulfonamides is 1. The fourth-order valence-electron chi connectivity index (χ4n) is 1.35. The van der Waals surface area contributed by atoms with E-state index in [1.165, 1.54) is 20.2 Å². The Labute approximate surface area is 114 Å². The summed E-state index contributed by atoms with van der Waals surface area (Å²) < 4.78 is 35.0. The summed E-state index contributed by atoms with van der Waals surface area (Å²) in [6.07, 6.45) is 1.53. The van der Waals surface area contributed by atoms with Gasteiger partial charge in [0, 0.05) is 19.5 Å². The fourth-order valence-corrected chi connectivity index (χ4v) is 1.92. The molecule has 0 bridgehead atoms. The lowest BCUT2D eigenvalue weighted by Gasteiger charge is -2.10. The molecule has 106 valence electrons. The molecule has 0 heterocycles. The van der Waals surface area contributed by atoms with Crippen LogP contribution >= 0.6 is 0 Å². The van der Waals surface area contributed by atoms with Crippen LogP contribution in [0.1, 0.15) is 12.5 Å². The zero-order valence-corrected chi connectivity index (χ0v) is 12.4. The second-order valence-electron chi connectivity index (χ2n) is 3.97. The molecular formula is C13H19NO4S. The summed E-state index contributed by atoms with van der Waals surface area (Å²) in [5, 5.41) is 1.16. The molecule has 0 unspecified atom stereocenters. The number of nitrogens with zero attached hydrogens (tertiary/aromatic N) is 1. The first-order valence-corrected chi connectivity index (χ1v) is 7.32. The van der Waals surface area contributed by atoms with Crippen molar-refractivity contribution in [1.29, 1.82) is 0 Å². The van der Waals surface area contributed by atoms with Crippen LogP contribution in [0.15, 0.2) is 23.6 Å². The Bertz CT molecular complexity index is 550. The van der Waals surface area contributed by atoms with Crippen molar-refractivity contribution >= 4 is 16.1 Å². The first-order valence-electron chi connectivity index (χ1n) is 5.82. The van der Waals surface area contributed by atoms with E-state index in [4.69, 9.17) is 9.47 Å². The lowest BCUT2D eigenvalue weighted by Crippen LogP contribution is -2.19. The van der Waals surface area contributed by atoms with Crippen molar-refractivity contribution in [2.45, 2.75) is 6.92 Å². The van der Waals surface area contributed by atoms with E-state index in [1.54, 1.807) is 25.3 Å². The van der Waals surface area contributed by atoms with Gasteiger partial charge in [0.2, 0.25) is 10.0 Å². The monoisotopic (exact) mass is 285 g/mol. The minimum Gasteiger partial charge on any atom is -0.493 e. The minimum absolute atomic E-state index is 0.513. The predicted molar refractivity (Wildman–Crippen MR) is 75.8 cm³/mol. The molecule has 5 nitrogen and oxygen atoms in total. The molecule has 0 radical (unpaired) electrons. The standard InChI is InChI=1S/C13H19NO4S/c1-5-18-13-10-11(6-7-12(13)17-4)8-9-19(15,16)14(2)3/h6-10H,5H2,1-4H3/b9-8+. The van der Waals surface area contributed by atoms with Gasteiger partial charge in [-0.15, -0.1) is 0 Å². The Hall–Kier alpha value is -1.53. The number of rotatable bonds is 6. The Kier molecular flexibility index (Phi) is 5.38. The number of hydrogen-bond donors (Lipinski definition) is 0. The molecule has 1 aromatic carbocycles. The number of ether oxygens (including phenoxy) is 2. The third-order valence-electron chi connectivity index (χ3n) is 2.43. The van der Waals surface area contributed by atoms with Crippen molar-refractivity contribution in [1.82, 2.24) is 4.31 Å². The van der Waals surface area contributed by atoms with E-state index in [9.17, 15) is 8.42 Å². The van der Waals surface area contributed by atoms with E-state index < -0.39 is 10.0 Å². The summed E-state index contributed by atoms with van der Waals surface area (Å²) in [5.74, 6) is 1.21. The van der Waals surface area contributed by atoms with Gasteiger partial charge in [-0.05, 0) is 30.7 Å². The lowest BCUT2D eigenvalue weighted by atomic mass is 10.2. The fraction of sp³-hybridized carbons (Fsp3) is 0.385. The Morgan fingerprint density at radius 2 is 1.95 bits per heavy atom. The summed E-state index contributed by atoms with van der Waals surface area (Å²) in [7, 11) is 1.17. The van der Waals surface area contributed by atoms with Gasteiger partial charge in [-0.2, -0.15) is 0 Å². The van der Waals surface area contributed by atoms with E-state index in [1.807, 2.05) is 6.92 Å². The van der Waals surface area contributed by atoms with Crippen LogP contribution in [-0.4, -0.2) is 40.5 Å². The number of methoxy groups -OCH3 is 1. The Morgan fingerprint density at radius 1 is 1.26 bits per heavy atom. The highest BCUT2D eigenvalue weighted by Crippen LogP contribution is 2.28. The van der Waals surface area contributed by atoms with Crippen LogP contribution in [0.25, 0.3) is 6.08 Å². The van der Waals surface area contributed by atoms with Crippen molar-refractivity contribution in [2.24, 2.45) is 0 Å². The SMILES string of the molecule is CCOc1cc(/C=C/S(=O)(=O)N(C)C)ccc1OC. The number of benzene rings is 1. The van der Waals surface area contributed by atoms with Crippen molar-refractivity contribution in [3.8, 4) is 11.5 Å². The van der Waals surface area contributed by atoms with Gasteiger partial charge in [0.25, 0.3) is 0 Å². The molecule has 0 fully saturated rings. The van der Waals surface area contributed by atoms with E-state index >= 15 is 0 Å². The largest absolute Gasteiger partial charge is 0.493 e. The quantitative estimate of drug-likeness (QED) is 0.801. The van der Waals surface area contributed by atoms with Gasteiger partial charge in [0.1, 0.15) is 0 Å². The lowest BCUT2D eigenvalue weighted by molar-refractivity contribution is 0.311. The van der Waals surface area contributed by atoms with Gasteiger partial charge in [0.15, 0.2) is 11.5 Å². The molecule has 1 rings (SSSR count). The molecule has 0 aliphatic rings. The van der Waals surface area contributed by atoms with E-state index in [0.29, 0.717) is 18.1 Å². The first kappa shape index (κ1) is 15.5. The van der Waals surface area contributed by atoms with Crippen molar-refractivity contribution in [2.75, 3.05) is 27.8 Å². The normalized spacial score (nSPS) is 12.1. The summed E-state index contributed by atoms with van der Waals surface area (Å²) in [4.78, 5) is 0. The Balaban J connectivity index is 3.03. The predicted octanol–water partition coefficient (Wildman–Crippen LogP) is 1.96. The zero-order valence-electron chi connectivity index (χ0n) is 11.6. The van der Waals surface area contributed by atoms with Gasteiger partial charge < -0.3 is 9.47 Å². The molecule has 0 saturated carbocycles. The first-order chi connectivity index (χ1) is 8.90. The second kappa shape index (κ2) is 6.58. The van der Waals surface area contributed by atoms with Gasteiger partial charge in [-0.1, -0.05) is 6.07 Å². The highest BCUT2D eigenvalue weighted by Gasteiger charge is 2.09. The van der Waals surface area contributed by atoms with Crippen LogP contribution in [0.3, 0.4) is 0 Å². The maximum absolute atomic E-state index is 11.6. The molecule has 0 amide bonds. The zero-order chi connectivity index (χ0) is 14.5. The third kappa shape index (κ3) is 4.25. The van der Waals surface area contributed by atoms with Crippen LogP contribution in [0.5, 0.6) is 11.5 Å². The van der Waals surface area contributed by atoms with Gasteiger partial charge >= 0.3 is 0 Å². The summed E-state index contributed by atoms with van der Waals surface area (Å²) in [6, 6.07) is 5.25. The highest BCUT2D eigenvalue weighted by molar-refractivity contribution is 7.92. The van der Waals surface area contributed by atoms with Gasteiger partial charge in [-0.3, -0.25) is 0 Å². The summed E-state index contributed by atoms with van der Waals surface area (Å²) in [5.41, 5.74) is 0.731. The molecule has 0 N–H and O–H groups in total. The molecule has 0 spiro atoms. The summed E-state index contributed by atoms with van der Waals surface area (Å²) in [6.45, 7) is 2.39. The van der Waals surface area contributed by atoms with Crippen LogP contribution < -0.4 is 9.47 Å². The van der Waals surface area contributed by atoms with Crippen molar-refractivity contribution in [3.63, 3.8) is 0 Å². The maximum atomic E-state index is 11.6. The minimum atomic E-state index is -3.36. The number of hydrogen-bond acceptors (Lipinski definition) is 4. The average molecular weight is 285 g/mol. The van der Waals surface area contributed by atoms with Crippen LogP contribution in [0, 0.1) is 0 Å². The summed E-state index contributed by atoms with van der Waals surface area (Å²) >= 11 is 0. The molecular weight excluding hydrogens is 266 g/mol. The van der Waals surface area contributed by atoms with E-state index in [0.717, 1.165) is 15.3 Å². The molecule has 0 saturated heterocycles. The molecule has 6 heteroatoms. The Morgan fingerprint density at radius 3 is 2.47 bits per heavy atom. The van der Waals surface area contributed by atoms with Gasteiger partial charge in [-0.25, -0.2) is 12.7 Å². The smallest absolute Gasteiger partial charge is 0.235 e. The highest BCUT2D eigenvalue weighted by atomic mass is 32.2. The molecule has 19 heavy (non-hydrogen) atoms. The molecule has 0 aliphatic heterocycles. The molecule has 0 atom stereocenters. The van der Waals surface area contributed by atoms with Crippen LogP contribution in [0.4, 0.5) is 0 Å². The topological polar surface area (TPSA) is 55.8 Å². The van der Waals surface area contributed by atoms with Crippen LogP contribution in [-0.2, 0) is 10.0 Å². The van der Waals surface area contributed by atoms with Crippen molar-refractivity contribution < 1.29 is 17.9 Å². The second-order valence-corrected chi connectivity index (χ2v) is 6.01. The maximum Gasteiger partial charge on any atom is 0.235 e. The molecule has 0 aliphatic carbocycles. The average Bonchev–Trinajstić information content (AvgIpc) is 2.37. The van der Waals surface area contributed by atoms with Gasteiger partial charge in [0.05, 0.1) is 13.7 Å². The molecule has 0 aromatic heterocycles. The van der Waals surface area contributed by atoms with E-state index in [2.05, 4.69) is 0 Å². The van der Waals surface area contributed by atoms with Crippen molar-refractivity contribution in [3.05, 3.63) is 29.2 Å². The van der Waals surface area contributed by atoms with E-state index in [-0.39, 0.29) is 0 Å².